The van der Waals surface area contributed by atoms with Gasteiger partial charge in [0.05, 0.1) is 13.2 Å². The summed E-state index contributed by atoms with van der Waals surface area (Å²) in [5.74, 6) is 0.913. The average molecular weight is 369 g/mol. The van der Waals surface area contributed by atoms with Crippen LogP contribution in [-0.4, -0.2) is 14.2 Å². The van der Waals surface area contributed by atoms with Gasteiger partial charge in [-0.2, -0.15) is 0 Å². The number of hydrogen-bond acceptors (Lipinski definition) is 2. The van der Waals surface area contributed by atoms with Gasteiger partial charge in [0.15, 0.2) is 0 Å². The number of nitrogens with one attached hydrogen (secondary N) is 1. The topological polar surface area (TPSA) is 21.3 Å². The number of ether oxygens (including phenoxy) is 1. The van der Waals surface area contributed by atoms with Crippen molar-refractivity contribution in [3.8, 4) is 5.75 Å². The van der Waals surface area contributed by atoms with Gasteiger partial charge in [-0.3, -0.25) is 0 Å². The second kappa shape index (κ2) is 6.82. The Balaban J connectivity index is 2.56. The minimum atomic E-state index is 0.0719. The van der Waals surface area contributed by atoms with Crippen molar-refractivity contribution in [3.05, 3.63) is 62.1 Å². The van der Waals surface area contributed by atoms with Crippen LogP contribution in [0, 0.1) is 13.8 Å². The summed E-state index contributed by atoms with van der Waals surface area (Å²) in [6.07, 6.45) is 0. The lowest BCUT2D eigenvalue weighted by molar-refractivity contribution is 0.411. The summed E-state index contributed by atoms with van der Waals surface area (Å²) >= 11 is 9.77. The van der Waals surface area contributed by atoms with Crippen molar-refractivity contribution in [2.75, 3.05) is 14.2 Å². The van der Waals surface area contributed by atoms with Crippen molar-refractivity contribution in [1.29, 1.82) is 0 Å². The number of hydrogen-bond donors (Lipinski definition) is 1. The molecule has 0 bridgehead atoms. The molecule has 0 heterocycles. The second-order valence-electron chi connectivity index (χ2n) is 5.07. The van der Waals surface area contributed by atoms with Crippen LogP contribution in [0.2, 0.25) is 5.02 Å². The van der Waals surface area contributed by atoms with Crippen LogP contribution < -0.4 is 10.1 Å². The molecule has 2 aromatic rings. The first-order valence-electron chi connectivity index (χ1n) is 6.75. The monoisotopic (exact) mass is 367 g/mol. The van der Waals surface area contributed by atoms with Gasteiger partial charge in [0.25, 0.3) is 0 Å². The predicted octanol–water partition coefficient (Wildman–Crippen LogP) is 5.04. The molecule has 0 aromatic heterocycles. The molecule has 0 fully saturated rings. The summed E-state index contributed by atoms with van der Waals surface area (Å²) in [7, 11) is 3.65. The Morgan fingerprint density at radius 1 is 1.10 bits per heavy atom. The fraction of sp³-hybridized carbons (Fsp3) is 0.294. The van der Waals surface area contributed by atoms with Gasteiger partial charge >= 0.3 is 0 Å². The third kappa shape index (κ3) is 3.42. The zero-order valence-corrected chi connectivity index (χ0v) is 15.0. The molecule has 2 nitrogen and oxygen atoms in total. The molecule has 2 aromatic carbocycles. The van der Waals surface area contributed by atoms with Crippen molar-refractivity contribution < 1.29 is 4.74 Å². The molecule has 0 aliphatic rings. The molecule has 21 heavy (non-hydrogen) atoms. The van der Waals surface area contributed by atoms with Crippen LogP contribution in [0.4, 0.5) is 0 Å². The first-order valence-corrected chi connectivity index (χ1v) is 7.92. The maximum atomic E-state index is 6.16. The molecule has 0 amide bonds. The SMILES string of the molecule is CNC(c1cc(C)c(OC)cc1C)c1cc(Cl)ccc1Br. The smallest absolute Gasteiger partial charge is 0.122 e. The molecule has 0 aliphatic carbocycles. The molecule has 0 saturated carbocycles. The lowest BCUT2D eigenvalue weighted by atomic mass is 9.93. The number of methoxy groups -OCH3 is 1. The van der Waals surface area contributed by atoms with E-state index in [9.17, 15) is 0 Å². The molecule has 0 saturated heterocycles. The van der Waals surface area contributed by atoms with Crippen LogP contribution in [0.15, 0.2) is 34.8 Å². The fourth-order valence-electron chi connectivity index (χ4n) is 2.56. The Morgan fingerprint density at radius 2 is 1.81 bits per heavy atom. The third-order valence-corrected chi connectivity index (χ3v) is 4.61. The molecule has 1 unspecified atom stereocenters. The van der Waals surface area contributed by atoms with Crippen LogP contribution >= 0.6 is 27.5 Å². The lowest BCUT2D eigenvalue weighted by Crippen LogP contribution is -2.19. The van der Waals surface area contributed by atoms with Crippen molar-refractivity contribution in [3.63, 3.8) is 0 Å². The number of aryl methyl sites for hydroxylation is 2. The summed E-state index contributed by atoms with van der Waals surface area (Å²) in [4.78, 5) is 0. The van der Waals surface area contributed by atoms with E-state index in [0.717, 1.165) is 26.4 Å². The Morgan fingerprint density at radius 3 is 2.43 bits per heavy atom. The highest BCUT2D eigenvalue weighted by molar-refractivity contribution is 9.10. The number of benzene rings is 2. The molecular formula is C17H19BrClNO. The van der Waals surface area contributed by atoms with Crippen LogP contribution in [0.5, 0.6) is 5.75 Å². The third-order valence-electron chi connectivity index (χ3n) is 3.65. The van der Waals surface area contributed by atoms with E-state index in [1.165, 1.54) is 11.1 Å². The second-order valence-corrected chi connectivity index (χ2v) is 6.36. The number of rotatable bonds is 4. The first kappa shape index (κ1) is 16.3. The minimum Gasteiger partial charge on any atom is -0.496 e. The Kier molecular flexibility index (Phi) is 5.31. The van der Waals surface area contributed by atoms with Gasteiger partial charge in [-0.05, 0) is 67.4 Å². The van der Waals surface area contributed by atoms with Gasteiger partial charge in [-0.15, -0.1) is 0 Å². The summed E-state index contributed by atoms with van der Waals surface area (Å²) in [6, 6.07) is 10.2. The molecule has 0 radical (unpaired) electrons. The maximum Gasteiger partial charge on any atom is 0.122 e. The van der Waals surface area contributed by atoms with Gasteiger partial charge in [-0.1, -0.05) is 33.6 Å². The lowest BCUT2D eigenvalue weighted by Gasteiger charge is -2.22. The summed E-state index contributed by atoms with van der Waals surface area (Å²) in [5.41, 5.74) is 4.65. The Labute approximate surface area is 139 Å². The Bertz CT molecular complexity index is 657. The van der Waals surface area contributed by atoms with E-state index in [0.29, 0.717) is 0 Å². The number of halogens is 2. The standard InChI is InChI=1S/C17H19BrClNO/c1-10-8-16(21-4)11(2)7-13(10)17(20-3)14-9-12(19)5-6-15(14)18/h5-9,17,20H,1-4H3. The molecular weight excluding hydrogens is 350 g/mol. The summed E-state index contributed by atoms with van der Waals surface area (Å²) < 4.78 is 6.43. The van der Waals surface area contributed by atoms with Crippen LogP contribution in [0.1, 0.15) is 28.3 Å². The summed E-state index contributed by atoms with van der Waals surface area (Å²) in [6.45, 7) is 4.15. The van der Waals surface area contributed by atoms with E-state index in [-0.39, 0.29) is 6.04 Å². The van der Waals surface area contributed by atoms with E-state index in [2.05, 4.69) is 47.2 Å². The largest absolute Gasteiger partial charge is 0.496 e. The molecule has 112 valence electrons. The highest BCUT2D eigenvalue weighted by Crippen LogP contribution is 2.34. The van der Waals surface area contributed by atoms with E-state index in [4.69, 9.17) is 16.3 Å². The average Bonchev–Trinajstić information content (AvgIpc) is 2.46. The molecule has 2 rings (SSSR count). The van der Waals surface area contributed by atoms with Gasteiger partial charge in [0.2, 0.25) is 0 Å². The normalized spacial score (nSPS) is 12.3. The van der Waals surface area contributed by atoms with Crippen LogP contribution in [0.25, 0.3) is 0 Å². The van der Waals surface area contributed by atoms with Crippen molar-refractivity contribution in [2.45, 2.75) is 19.9 Å². The van der Waals surface area contributed by atoms with E-state index in [1.807, 2.05) is 25.2 Å². The quantitative estimate of drug-likeness (QED) is 0.816. The van der Waals surface area contributed by atoms with E-state index < -0.39 is 0 Å². The molecule has 1 N–H and O–H groups in total. The summed E-state index contributed by atoms with van der Waals surface area (Å²) in [5, 5.41) is 4.11. The van der Waals surface area contributed by atoms with Gasteiger partial charge < -0.3 is 10.1 Å². The molecule has 0 aliphatic heterocycles. The van der Waals surface area contributed by atoms with Crippen molar-refractivity contribution >= 4 is 27.5 Å². The zero-order chi connectivity index (χ0) is 15.6. The van der Waals surface area contributed by atoms with Gasteiger partial charge in [0, 0.05) is 9.50 Å². The molecule has 1 atom stereocenters. The molecule has 4 heteroatoms. The predicted molar refractivity (Wildman–Crippen MR) is 92.5 cm³/mol. The zero-order valence-electron chi connectivity index (χ0n) is 12.6. The van der Waals surface area contributed by atoms with Crippen LogP contribution in [-0.2, 0) is 0 Å². The van der Waals surface area contributed by atoms with Gasteiger partial charge in [0.1, 0.15) is 5.75 Å². The van der Waals surface area contributed by atoms with E-state index >= 15 is 0 Å². The minimum absolute atomic E-state index is 0.0719. The fourth-order valence-corrected chi connectivity index (χ4v) is 3.21. The van der Waals surface area contributed by atoms with Crippen molar-refractivity contribution in [1.82, 2.24) is 5.32 Å². The highest BCUT2D eigenvalue weighted by atomic mass is 79.9. The van der Waals surface area contributed by atoms with Gasteiger partial charge in [-0.25, -0.2) is 0 Å². The first-order chi connectivity index (χ1) is 9.97. The highest BCUT2D eigenvalue weighted by Gasteiger charge is 2.18. The van der Waals surface area contributed by atoms with Crippen LogP contribution in [0.3, 0.4) is 0 Å². The van der Waals surface area contributed by atoms with E-state index in [1.54, 1.807) is 7.11 Å². The van der Waals surface area contributed by atoms with Crippen molar-refractivity contribution in [2.24, 2.45) is 0 Å². The Hall–Kier alpha value is -1.03. The maximum absolute atomic E-state index is 6.16. The molecule has 0 spiro atoms.